The van der Waals surface area contributed by atoms with Crippen molar-refractivity contribution in [2.45, 2.75) is 39.0 Å². The molecule has 1 atom stereocenters. The minimum atomic E-state index is -0.460. The summed E-state index contributed by atoms with van der Waals surface area (Å²) in [5.74, 6) is 0.748. The van der Waals surface area contributed by atoms with Gasteiger partial charge in [0, 0.05) is 5.69 Å². The Morgan fingerprint density at radius 2 is 2.20 bits per heavy atom. The van der Waals surface area contributed by atoms with Gasteiger partial charge in [-0.2, -0.15) is 11.8 Å². The fraction of sp³-hybridized carbons (Fsp3) is 0.533. The monoisotopic (exact) mass is 296 g/mol. The number of carbonyl (C=O) groups is 1. The quantitative estimate of drug-likeness (QED) is 0.774. The van der Waals surface area contributed by atoms with E-state index in [4.69, 9.17) is 10.5 Å². The lowest BCUT2D eigenvalue weighted by Crippen LogP contribution is -2.36. The number of amides is 1. The first-order chi connectivity index (χ1) is 9.52. The number of hydrogen-bond donors (Lipinski definition) is 2. The molecule has 0 fully saturated rings. The third-order valence-corrected chi connectivity index (χ3v) is 3.39. The van der Waals surface area contributed by atoms with Gasteiger partial charge in [0.2, 0.25) is 5.91 Å². The second-order valence-electron chi connectivity index (χ2n) is 4.94. The van der Waals surface area contributed by atoms with Crippen molar-refractivity contribution in [3.05, 3.63) is 29.8 Å². The van der Waals surface area contributed by atoms with Gasteiger partial charge in [0.1, 0.15) is 0 Å². The lowest BCUT2D eigenvalue weighted by Gasteiger charge is -2.13. The molecule has 112 valence electrons. The van der Waals surface area contributed by atoms with Crippen LogP contribution >= 0.6 is 11.8 Å². The predicted octanol–water partition coefficient (Wildman–Crippen LogP) is 2.63. The van der Waals surface area contributed by atoms with Crippen molar-refractivity contribution in [1.82, 2.24) is 0 Å². The molecule has 0 aromatic heterocycles. The third-order valence-electron chi connectivity index (χ3n) is 2.75. The molecule has 1 aromatic rings. The first-order valence-corrected chi connectivity index (χ1v) is 8.18. The molecule has 0 saturated carbocycles. The number of hydrogen-bond acceptors (Lipinski definition) is 4. The van der Waals surface area contributed by atoms with Gasteiger partial charge in [-0.25, -0.2) is 0 Å². The van der Waals surface area contributed by atoms with Crippen LogP contribution in [0.15, 0.2) is 24.3 Å². The topological polar surface area (TPSA) is 64.4 Å². The van der Waals surface area contributed by atoms with Crippen LogP contribution in [-0.4, -0.2) is 30.1 Å². The lowest BCUT2D eigenvalue weighted by atomic mass is 10.2. The summed E-state index contributed by atoms with van der Waals surface area (Å²) in [5, 5.41) is 2.85. The Kier molecular flexibility index (Phi) is 7.65. The van der Waals surface area contributed by atoms with E-state index in [1.807, 2.05) is 44.4 Å². The van der Waals surface area contributed by atoms with Gasteiger partial charge >= 0.3 is 0 Å². The average Bonchev–Trinajstić information content (AvgIpc) is 2.42. The Morgan fingerprint density at radius 3 is 2.85 bits per heavy atom. The number of anilines is 1. The number of carbonyl (C=O) groups excluding carboxylic acids is 1. The van der Waals surface area contributed by atoms with Crippen molar-refractivity contribution in [2.24, 2.45) is 5.73 Å². The van der Waals surface area contributed by atoms with Crippen molar-refractivity contribution in [1.29, 1.82) is 0 Å². The van der Waals surface area contributed by atoms with Crippen LogP contribution in [0, 0.1) is 0 Å². The Hall–Kier alpha value is -1.04. The number of nitrogens with two attached hydrogens (primary N) is 1. The number of thioether (sulfide) groups is 1. The first kappa shape index (κ1) is 17.0. The van der Waals surface area contributed by atoms with Gasteiger partial charge < -0.3 is 15.8 Å². The molecule has 0 radical (unpaired) electrons. The van der Waals surface area contributed by atoms with Crippen LogP contribution in [0.2, 0.25) is 0 Å². The molecular formula is C15H24N2O2S. The van der Waals surface area contributed by atoms with Crippen LogP contribution < -0.4 is 11.1 Å². The van der Waals surface area contributed by atoms with E-state index < -0.39 is 6.04 Å². The van der Waals surface area contributed by atoms with Gasteiger partial charge in [0.25, 0.3) is 0 Å². The van der Waals surface area contributed by atoms with Crippen molar-refractivity contribution in [3.8, 4) is 0 Å². The molecule has 5 heteroatoms. The first-order valence-electron chi connectivity index (χ1n) is 6.79. The van der Waals surface area contributed by atoms with Crippen LogP contribution in [-0.2, 0) is 16.1 Å². The van der Waals surface area contributed by atoms with Gasteiger partial charge in [-0.3, -0.25) is 4.79 Å². The highest BCUT2D eigenvalue weighted by Gasteiger charge is 2.13. The van der Waals surface area contributed by atoms with Crippen LogP contribution in [0.25, 0.3) is 0 Å². The smallest absolute Gasteiger partial charge is 0.241 e. The van der Waals surface area contributed by atoms with Gasteiger partial charge in [-0.1, -0.05) is 12.1 Å². The molecule has 0 unspecified atom stereocenters. The highest BCUT2D eigenvalue weighted by Crippen LogP contribution is 2.13. The van der Waals surface area contributed by atoms with Crippen molar-refractivity contribution in [3.63, 3.8) is 0 Å². The van der Waals surface area contributed by atoms with E-state index in [2.05, 4.69) is 5.32 Å². The lowest BCUT2D eigenvalue weighted by molar-refractivity contribution is -0.117. The zero-order valence-corrected chi connectivity index (χ0v) is 13.2. The Morgan fingerprint density at radius 1 is 1.45 bits per heavy atom. The van der Waals surface area contributed by atoms with E-state index in [0.717, 1.165) is 17.0 Å². The van der Waals surface area contributed by atoms with E-state index in [0.29, 0.717) is 13.0 Å². The molecule has 0 bridgehead atoms. The zero-order valence-electron chi connectivity index (χ0n) is 12.4. The summed E-state index contributed by atoms with van der Waals surface area (Å²) in [7, 11) is 0. The molecule has 1 rings (SSSR count). The predicted molar refractivity (Wildman–Crippen MR) is 86.0 cm³/mol. The fourth-order valence-electron chi connectivity index (χ4n) is 1.61. The van der Waals surface area contributed by atoms with E-state index in [1.165, 1.54) is 0 Å². The second kappa shape index (κ2) is 9.00. The standard InChI is InChI=1S/C15H24N2O2S/c1-11(2)19-10-12-5-4-6-13(9-12)17-15(18)14(16)7-8-20-3/h4-6,9,11,14H,7-8,10,16H2,1-3H3,(H,17,18)/t14-/m0/s1. The Bertz CT molecular complexity index is 424. The maximum Gasteiger partial charge on any atom is 0.241 e. The number of rotatable bonds is 8. The largest absolute Gasteiger partial charge is 0.374 e. The van der Waals surface area contributed by atoms with Crippen LogP contribution in [0.5, 0.6) is 0 Å². The van der Waals surface area contributed by atoms with Crippen molar-refractivity contribution < 1.29 is 9.53 Å². The van der Waals surface area contributed by atoms with Gasteiger partial charge in [0.15, 0.2) is 0 Å². The number of ether oxygens (including phenoxy) is 1. The summed E-state index contributed by atoms with van der Waals surface area (Å²) in [4.78, 5) is 11.9. The van der Waals surface area contributed by atoms with Gasteiger partial charge in [0.05, 0.1) is 18.8 Å². The SMILES string of the molecule is CSCC[C@H](N)C(=O)Nc1cccc(COC(C)C)c1. The summed E-state index contributed by atoms with van der Waals surface area (Å²) in [5.41, 5.74) is 7.64. The van der Waals surface area contributed by atoms with E-state index >= 15 is 0 Å². The minimum Gasteiger partial charge on any atom is -0.374 e. The molecule has 1 amide bonds. The highest BCUT2D eigenvalue weighted by atomic mass is 32.2. The molecule has 1 aromatic carbocycles. The van der Waals surface area contributed by atoms with Crippen LogP contribution in [0.3, 0.4) is 0 Å². The molecule has 4 nitrogen and oxygen atoms in total. The Balaban J connectivity index is 2.54. The van der Waals surface area contributed by atoms with E-state index in [-0.39, 0.29) is 12.0 Å². The molecule has 0 aliphatic carbocycles. The molecule has 20 heavy (non-hydrogen) atoms. The molecular weight excluding hydrogens is 272 g/mol. The van der Waals surface area contributed by atoms with Gasteiger partial charge in [-0.15, -0.1) is 0 Å². The minimum absolute atomic E-state index is 0.138. The highest BCUT2D eigenvalue weighted by molar-refractivity contribution is 7.98. The second-order valence-corrected chi connectivity index (χ2v) is 5.92. The summed E-state index contributed by atoms with van der Waals surface area (Å²) in [6.07, 6.45) is 2.87. The number of nitrogens with one attached hydrogen (secondary N) is 1. The molecule has 0 heterocycles. The summed E-state index contributed by atoms with van der Waals surface area (Å²) in [6, 6.07) is 7.20. The average molecular weight is 296 g/mol. The normalized spacial score (nSPS) is 12.4. The molecule has 0 aliphatic rings. The van der Waals surface area contributed by atoms with E-state index in [1.54, 1.807) is 11.8 Å². The third kappa shape index (κ3) is 6.41. The molecule has 0 saturated heterocycles. The van der Waals surface area contributed by atoms with Crippen molar-refractivity contribution in [2.75, 3.05) is 17.3 Å². The van der Waals surface area contributed by atoms with Crippen LogP contribution in [0.4, 0.5) is 5.69 Å². The zero-order chi connectivity index (χ0) is 15.0. The molecule has 0 spiro atoms. The summed E-state index contributed by atoms with van der Waals surface area (Å²) in [6.45, 7) is 4.53. The summed E-state index contributed by atoms with van der Waals surface area (Å²) < 4.78 is 5.55. The fourth-order valence-corrected chi connectivity index (χ4v) is 2.10. The molecule has 3 N–H and O–H groups in total. The Labute approximate surface area is 125 Å². The maximum atomic E-state index is 11.9. The summed E-state index contributed by atoms with van der Waals surface area (Å²) >= 11 is 1.69. The van der Waals surface area contributed by atoms with Crippen LogP contribution in [0.1, 0.15) is 25.8 Å². The maximum absolute atomic E-state index is 11.9. The van der Waals surface area contributed by atoms with E-state index in [9.17, 15) is 4.79 Å². The van der Waals surface area contributed by atoms with Crippen molar-refractivity contribution >= 4 is 23.4 Å². The number of benzene rings is 1. The van der Waals surface area contributed by atoms with Gasteiger partial charge in [-0.05, 0) is 50.0 Å². The molecule has 0 aliphatic heterocycles.